The summed E-state index contributed by atoms with van der Waals surface area (Å²) in [5, 5.41) is 3.53. The van der Waals surface area contributed by atoms with E-state index in [1.807, 2.05) is 0 Å². The zero-order chi connectivity index (χ0) is 14.2. The summed E-state index contributed by atoms with van der Waals surface area (Å²) < 4.78 is 11.9. The molecule has 1 N–H and O–H groups in total. The first kappa shape index (κ1) is 14.8. The van der Waals surface area contributed by atoms with Crippen LogP contribution in [0.1, 0.15) is 39.5 Å². The summed E-state index contributed by atoms with van der Waals surface area (Å²) in [5.41, 5.74) is 0. The maximum atomic E-state index is 5.97. The molecule has 3 aliphatic rings. The first-order valence-electron chi connectivity index (χ1n) is 8.33. The Kier molecular flexibility index (Phi) is 4.37. The van der Waals surface area contributed by atoms with E-state index < -0.39 is 0 Å². The Balaban J connectivity index is 1.70. The Morgan fingerprint density at radius 1 is 1.10 bits per heavy atom. The van der Waals surface area contributed by atoms with Gasteiger partial charge in [-0.2, -0.15) is 0 Å². The van der Waals surface area contributed by atoms with Gasteiger partial charge in [0.25, 0.3) is 0 Å². The molecule has 2 heterocycles. The Hall–Kier alpha value is -0.160. The van der Waals surface area contributed by atoms with Crippen molar-refractivity contribution in [2.45, 2.75) is 57.4 Å². The number of nitrogens with zero attached hydrogens (tertiary/aromatic N) is 1. The van der Waals surface area contributed by atoms with Crippen LogP contribution in [0.25, 0.3) is 0 Å². The molecular weight excluding hydrogens is 252 g/mol. The minimum atomic E-state index is -0.273. The summed E-state index contributed by atoms with van der Waals surface area (Å²) in [6.07, 6.45) is 4.54. The Morgan fingerprint density at radius 2 is 1.85 bits per heavy atom. The maximum absolute atomic E-state index is 5.97. The van der Waals surface area contributed by atoms with Gasteiger partial charge in [0.2, 0.25) is 0 Å². The standard InChI is InChI=1S/C16H30N2O2/c1-12-5-7-18(11-13(12)2)15-10-16(19-8-9-20-16)6-4-14(15)17-3/h12-15,17H,4-11H2,1-3H3. The van der Waals surface area contributed by atoms with Crippen molar-refractivity contribution in [3.8, 4) is 0 Å². The summed E-state index contributed by atoms with van der Waals surface area (Å²) in [4.78, 5) is 2.69. The lowest BCUT2D eigenvalue weighted by molar-refractivity contribution is -0.195. The molecule has 1 aliphatic carbocycles. The molecule has 0 bridgehead atoms. The van der Waals surface area contributed by atoms with Crippen LogP contribution >= 0.6 is 0 Å². The number of piperidine rings is 1. The molecule has 4 heteroatoms. The normalized spacial score (nSPS) is 42.1. The van der Waals surface area contributed by atoms with Crippen LogP contribution in [0.15, 0.2) is 0 Å². The maximum Gasteiger partial charge on any atom is 0.170 e. The third kappa shape index (κ3) is 2.76. The lowest BCUT2D eigenvalue weighted by atomic mass is 9.81. The van der Waals surface area contributed by atoms with Crippen molar-refractivity contribution in [1.82, 2.24) is 10.2 Å². The van der Waals surface area contributed by atoms with Gasteiger partial charge in [-0.3, -0.25) is 4.90 Å². The van der Waals surface area contributed by atoms with Crippen LogP contribution in [0.3, 0.4) is 0 Å². The monoisotopic (exact) mass is 282 g/mol. The third-order valence-corrected chi connectivity index (χ3v) is 5.84. The van der Waals surface area contributed by atoms with Crippen LogP contribution in [0.5, 0.6) is 0 Å². The second-order valence-electron chi connectivity index (χ2n) is 7.05. The second kappa shape index (κ2) is 5.91. The largest absolute Gasteiger partial charge is 0.347 e. The van der Waals surface area contributed by atoms with Crippen molar-refractivity contribution in [2.24, 2.45) is 11.8 Å². The molecule has 0 aromatic carbocycles. The number of hydrogen-bond acceptors (Lipinski definition) is 4. The predicted octanol–water partition coefficient (Wildman–Crippen LogP) is 1.85. The average Bonchev–Trinajstić information content (AvgIpc) is 2.90. The zero-order valence-electron chi connectivity index (χ0n) is 13.2. The van der Waals surface area contributed by atoms with Gasteiger partial charge in [-0.05, 0) is 38.3 Å². The van der Waals surface area contributed by atoms with E-state index in [2.05, 4.69) is 31.1 Å². The van der Waals surface area contributed by atoms with Gasteiger partial charge in [0, 0.05) is 31.5 Å². The highest BCUT2D eigenvalue weighted by Gasteiger charge is 2.47. The van der Waals surface area contributed by atoms with Gasteiger partial charge in [-0.1, -0.05) is 13.8 Å². The molecule has 0 aromatic rings. The molecule has 4 unspecified atom stereocenters. The van der Waals surface area contributed by atoms with Gasteiger partial charge in [-0.25, -0.2) is 0 Å². The molecule has 3 fully saturated rings. The lowest BCUT2D eigenvalue weighted by Gasteiger charge is -2.48. The van der Waals surface area contributed by atoms with Crippen molar-refractivity contribution in [2.75, 3.05) is 33.4 Å². The average molecular weight is 282 g/mol. The van der Waals surface area contributed by atoms with Gasteiger partial charge < -0.3 is 14.8 Å². The summed E-state index contributed by atoms with van der Waals surface area (Å²) in [6, 6.07) is 1.14. The number of likely N-dealkylation sites (tertiary alicyclic amines) is 1. The molecular formula is C16H30N2O2. The highest BCUT2D eigenvalue weighted by molar-refractivity contribution is 4.97. The summed E-state index contributed by atoms with van der Waals surface area (Å²) >= 11 is 0. The molecule has 4 atom stereocenters. The molecule has 3 rings (SSSR count). The highest BCUT2D eigenvalue weighted by atomic mass is 16.7. The molecule has 20 heavy (non-hydrogen) atoms. The number of hydrogen-bond donors (Lipinski definition) is 1. The van der Waals surface area contributed by atoms with Gasteiger partial charge >= 0.3 is 0 Å². The fourth-order valence-corrected chi connectivity index (χ4v) is 4.21. The highest BCUT2D eigenvalue weighted by Crippen LogP contribution is 2.39. The zero-order valence-corrected chi connectivity index (χ0v) is 13.2. The van der Waals surface area contributed by atoms with Crippen LogP contribution in [0.4, 0.5) is 0 Å². The molecule has 116 valence electrons. The topological polar surface area (TPSA) is 33.7 Å². The van der Waals surface area contributed by atoms with E-state index in [1.54, 1.807) is 0 Å². The van der Waals surface area contributed by atoms with E-state index in [-0.39, 0.29) is 5.79 Å². The van der Waals surface area contributed by atoms with E-state index in [1.165, 1.54) is 19.5 Å². The van der Waals surface area contributed by atoms with E-state index in [9.17, 15) is 0 Å². The molecule has 1 saturated carbocycles. The van der Waals surface area contributed by atoms with Crippen LogP contribution < -0.4 is 5.32 Å². The van der Waals surface area contributed by atoms with E-state index in [4.69, 9.17) is 9.47 Å². The third-order valence-electron chi connectivity index (χ3n) is 5.84. The SMILES string of the molecule is CNC1CCC2(CC1N1CCC(C)C(C)C1)OCCO2. The molecule has 4 nitrogen and oxygen atoms in total. The van der Waals surface area contributed by atoms with E-state index >= 15 is 0 Å². The van der Waals surface area contributed by atoms with Crippen molar-refractivity contribution < 1.29 is 9.47 Å². The molecule has 0 aromatic heterocycles. The van der Waals surface area contributed by atoms with Crippen molar-refractivity contribution in [1.29, 1.82) is 0 Å². The van der Waals surface area contributed by atoms with E-state index in [0.717, 1.165) is 44.3 Å². The van der Waals surface area contributed by atoms with Crippen LogP contribution in [-0.4, -0.2) is 56.1 Å². The number of likely N-dealkylation sites (N-methyl/N-ethyl adjacent to an activating group) is 1. The van der Waals surface area contributed by atoms with Crippen LogP contribution in [0, 0.1) is 11.8 Å². The van der Waals surface area contributed by atoms with Crippen LogP contribution in [-0.2, 0) is 9.47 Å². The molecule has 2 aliphatic heterocycles. The van der Waals surface area contributed by atoms with Gasteiger partial charge in [0.15, 0.2) is 5.79 Å². The Morgan fingerprint density at radius 3 is 2.50 bits per heavy atom. The molecule has 1 spiro atoms. The quantitative estimate of drug-likeness (QED) is 0.838. The minimum Gasteiger partial charge on any atom is -0.347 e. The number of ether oxygens (including phenoxy) is 2. The van der Waals surface area contributed by atoms with Crippen molar-refractivity contribution in [3.63, 3.8) is 0 Å². The smallest absolute Gasteiger partial charge is 0.170 e. The summed E-state index contributed by atoms with van der Waals surface area (Å²) in [7, 11) is 2.10. The van der Waals surface area contributed by atoms with Gasteiger partial charge in [-0.15, -0.1) is 0 Å². The summed E-state index contributed by atoms with van der Waals surface area (Å²) in [6.45, 7) is 8.77. The minimum absolute atomic E-state index is 0.273. The van der Waals surface area contributed by atoms with Gasteiger partial charge in [0.1, 0.15) is 0 Å². The van der Waals surface area contributed by atoms with Crippen LogP contribution in [0.2, 0.25) is 0 Å². The Labute approximate surface area is 123 Å². The fraction of sp³-hybridized carbons (Fsp3) is 1.00. The second-order valence-corrected chi connectivity index (χ2v) is 7.05. The molecule has 0 radical (unpaired) electrons. The molecule has 0 amide bonds. The number of nitrogens with one attached hydrogen (secondary N) is 1. The number of rotatable bonds is 2. The van der Waals surface area contributed by atoms with Crippen molar-refractivity contribution in [3.05, 3.63) is 0 Å². The molecule has 2 saturated heterocycles. The summed E-state index contributed by atoms with van der Waals surface area (Å²) in [5.74, 6) is 1.38. The lowest BCUT2D eigenvalue weighted by Crippen LogP contribution is -2.59. The first-order chi connectivity index (χ1) is 9.63. The predicted molar refractivity (Wildman–Crippen MR) is 79.6 cm³/mol. The Bertz CT molecular complexity index is 330. The first-order valence-corrected chi connectivity index (χ1v) is 8.33. The van der Waals surface area contributed by atoms with Gasteiger partial charge in [0.05, 0.1) is 13.2 Å². The van der Waals surface area contributed by atoms with Crippen molar-refractivity contribution >= 4 is 0 Å². The van der Waals surface area contributed by atoms with E-state index in [0.29, 0.717) is 12.1 Å². The fourth-order valence-electron chi connectivity index (χ4n) is 4.21.